The highest BCUT2D eigenvalue weighted by atomic mass is 19.1. The number of fused-ring (bicyclic) bond motifs is 1. The summed E-state index contributed by atoms with van der Waals surface area (Å²) in [6.45, 7) is 15.7. The van der Waals surface area contributed by atoms with Crippen LogP contribution in [0.15, 0.2) is 47.8 Å². The first-order valence-electron chi connectivity index (χ1n) is 14.3. The first-order chi connectivity index (χ1) is 18.9. The SMILES string of the molecule is CCCCC(Cc1c(-c2c(F)cc(C(N/C=C(\C)C(C)(C)O)=C(C)C)cc2F)nc2cc(C)ccn12)OCCC. The van der Waals surface area contributed by atoms with E-state index >= 15 is 8.78 Å². The largest absolute Gasteiger partial charge is 0.386 e. The molecule has 7 heteroatoms. The Bertz CT molecular complexity index is 1350. The van der Waals surface area contributed by atoms with E-state index in [-0.39, 0.29) is 11.7 Å². The number of aryl methyl sites for hydroxylation is 1. The van der Waals surface area contributed by atoms with Gasteiger partial charge in [0.05, 0.1) is 28.7 Å². The van der Waals surface area contributed by atoms with Crippen LogP contribution in [0, 0.1) is 18.6 Å². The fourth-order valence-electron chi connectivity index (χ4n) is 4.59. The van der Waals surface area contributed by atoms with Gasteiger partial charge in [-0.1, -0.05) is 32.3 Å². The predicted molar refractivity (Wildman–Crippen MR) is 160 cm³/mol. The van der Waals surface area contributed by atoms with Crippen LogP contribution < -0.4 is 5.32 Å². The van der Waals surface area contributed by atoms with Crippen LogP contribution in [0.5, 0.6) is 0 Å². The molecule has 0 spiro atoms. The van der Waals surface area contributed by atoms with Gasteiger partial charge in [-0.05, 0) is 89.8 Å². The summed E-state index contributed by atoms with van der Waals surface area (Å²) in [5, 5.41) is 13.4. The van der Waals surface area contributed by atoms with Crippen molar-refractivity contribution in [1.82, 2.24) is 14.7 Å². The lowest BCUT2D eigenvalue weighted by Gasteiger charge is -2.20. The van der Waals surface area contributed by atoms with E-state index in [9.17, 15) is 5.11 Å². The van der Waals surface area contributed by atoms with Gasteiger partial charge in [-0.2, -0.15) is 0 Å². The number of nitrogens with zero attached hydrogens (tertiary/aromatic N) is 2. The summed E-state index contributed by atoms with van der Waals surface area (Å²) < 4.78 is 39.9. The Kier molecular flexibility index (Phi) is 10.7. The zero-order valence-electron chi connectivity index (χ0n) is 25.3. The third kappa shape index (κ3) is 7.58. The van der Waals surface area contributed by atoms with E-state index in [0.29, 0.717) is 41.2 Å². The average Bonchev–Trinajstić information content (AvgIpc) is 3.20. The number of ether oxygens (including phenoxy) is 1. The number of hydrogen-bond donors (Lipinski definition) is 2. The molecule has 1 atom stereocenters. The molecule has 2 aromatic heterocycles. The van der Waals surface area contributed by atoms with Crippen molar-refractivity contribution in [3.63, 3.8) is 0 Å². The van der Waals surface area contributed by atoms with Crippen molar-refractivity contribution in [3.8, 4) is 11.3 Å². The van der Waals surface area contributed by atoms with E-state index in [2.05, 4.69) is 19.2 Å². The number of allylic oxidation sites excluding steroid dienone is 1. The quantitative estimate of drug-likeness (QED) is 0.224. The van der Waals surface area contributed by atoms with Gasteiger partial charge in [-0.15, -0.1) is 0 Å². The molecule has 5 nitrogen and oxygen atoms in total. The second-order valence-corrected chi connectivity index (χ2v) is 11.4. The van der Waals surface area contributed by atoms with Crippen LogP contribution in [0.25, 0.3) is 22.6 Å². The van der Waals surface area contributed by atoms with Gasteiger partial charge in [-0.3, -0.25) is 0 Å². The van der Waals surface area contributed by atoms with Gasteiger partial charge in [0, 0.05) is 36.7 Å². The highest BCUT2D eigenvalue weighted by Gasteiger charge is 2.25. The van der Waals surface area contributed by atoms with Gasteiger partial charge in [-0.25, -0.2) is 13.8 Å². The van der Waals surface area contributed by atoms with Gasteiger partial charge in [0.2, 0.25) is 0 Å². The van der Waals surface area contributed by atoms with Crippen molar-refractivity contribution in [1.29, 1.82) is 0 Å². The molecule has 3 rings (SSSR count). The van der Waals surface area contributed by atoms with E-state index in [1.54, 1.807) is 27.0 Å². The summed E-state index contributed by atoms with van der Waals surface area (Å²) in [4.78, 5) is 4.74. The number of pyridine rings is 1. The number of aliphatic hydroxyl groups is 1. The molecule has 0 aliphatic heterocycles. The number of imidazole rings is 1. The maximum Gasteiger partial charge on any atom is 0.137 e. The second-order valence-electron chi connectivity index (χ2n) is 11.4. The van der Waals surface area contributed by atoms with E-state index in [1.165, 1.54) is 12.1 Å². The highest BCUT2D eigenvalue weighted by Crippen LogP contribution is 2.33. The number of nitrogens with one attached hydrogen (secondary N) is 1. The van der Waals surface area contributed by atoms with Crippen LogP contribution in [-0.4, -0.2) is 32.8 Å². The van der Waals surface area contributed by atoms with Crippen LogP contribution in [0.3, 0.4) is 0 Å². The van der Waals surface area contributed by atoms with E-state index in [1.807, 2.05) is 43.5 Å². The molecule has 0 saturated carbocycles. The molecule has 0 saturated heterocycles. The third-order valence-corrected chi connectivity index (χ3v) is 7.20. The molecule has 0 amide bonds. The Morgan fingerprint density at radius 3 is 2.38 bits per heavy atom. The lowest BCUT2D eigenvalue weighted by molar-refractivity contribution is 0.0460. The minimum Gasteiger partial charge on any atom is -0.386 e. The number of hydrogen-bond acceptors (Lipinski definition) is 4. The maximum absolute atomic E-state index is 15.9. The van der Waals surface area contributed by atoms with Gasteiger partial charge >= 0.3 is 0 Å². The fourth-order valence-corrected chi connectivity index (χ4v) is 4.59. The summed E-state index contributed by atoms with van der Waals surface area (Å²) in [7, 11) is 0. The molecular formula is C33H45F2N3O2. The van der Waals surface area contributed by atoms with E-state index in [4.69, 9.17) is 9.72 Å². The molecule has 0 radical (unpaired) electrons. The maximum atomic E-state index is 15.9. The Hall–Kier alpha value is -3.03. The molecule has 0 fully saturated rings. The number of aromatic nitrogens is 2. The first kappa shape index (κ1) is 31.5. The summed E-state index contributed by atoms with van der Waals surface area (Å²) in [5.74, 6) is -1.36. The van der Waals surface area contributed by atoms with Crippen LogP contribution in [-0.2, 0) is 11.2 Å². The average molecular weight is 554 g/mol. The zero-order valence-corrected chi connectivity index (χ0v) is 25.3. The summed E-state index contributed by atoms with van der Waals surface area (Å²) in [5.41, 5.74) is 4.05. The van der Waals surface area contributed by atoms with Gasteiger partial charge in [0.25, 0.3) is 0 Å². The van der Waals surface area contributed by atoms with E-state index in [0.717, 1.165) is 42.5 Å². The van der Waals surface area contributed by atoms with Crippen LogP contribution in [0.4, 0.5) is 8.78 Å². The number of rotatable bonds is 13. The molecule has 0 aliphatic carbocycles. The Balaban J connectivity index is 2.12. The molecule has 40 heavy (non-hydrogen) atoms. The lowest BCUT2D eigenvalue weighted by Crippen LogP contribution is -2.22. The number of unbranched alkanes of at least 4 members (excludes halogenated alkanes) is 1. The van der Waals surface area contributed by atoms with Gasteiger partial charge < -0.3 is 19.6 Å². The van der Waals surface area contributed by atoms with Gasteiger partial charge in [0.1, 0.15) is 17.3 Å². The molecule has 218 valence electrons. The standard InChI is InChI=1S/C33H45F2N3O2/c1-9-11-12-25(40-15-10-2)19-28-32(37-29-16-22(5)13-14-38(28)29)30-26(34)17-24(18-27(30)35)31(21(3)4)36-20-23(6)33(7,8)39/h13-14,16-18,20,25,36,39H,9-12,15,19H2,1-8H3/b23-20+. The first-order valence-corrected chi connectivity index (χ1v) is 14.3. The van der Waals surface area contributed by atoms with E-state index < -0.39 is 17.2 Å². The molecule has 2 N–H and O–H groups in total. The molecule has 2 heterocycles. The summed E-state index contributed by atoms with van der Waals surface area (Å²) in [6, 6.07) is 6.60. The topological polar surface area (TPSA) is 58.8 Å². The minimum atomic E-state index is -1.02. The van der Waals surface area contributed by atoms with Crippen LogP contribution in [0.2, 0.25) is 0 Å². The third-order valence-electron chi connectivity index (χ3n) is 7.20. The summed E-state index contributed by atoms with van der Waals surface area (Å²) in [6.07, 6.45) is 7.84. The molecule has 0 aliphatic rings. The van der Waals surface area contributed by atoms with Crippen LogP contribution >= 0.6 is 0 Å². The van der Waals surface area contributed by atoms with Gasteiger partial charge in [0.15, 0.2) is 0 Å². The number of benzene rings is 1. The molecule has 1 unspecified atom stereocenters. The lowest BCUT2D eigenvalue weighted by atomic mass is 9.99. The smallest absolute Gasteiger partial charge is 0.137 e. The molecule has 1 aromatic carbocycles. The predicted octanol–water partition coefficient (Wildman–Crippen LogP) is 8.13. The fraction of sp³-hybridized carbons (Fsp3) is 0.485. The van der Waals surface area contributed by atoms with Crippen LogP contribution in [0.1, 0.15) is 91.0 Å². The minimum absolute atomic E-state index is 0.0717. The summed E-state index contributed by atoms with van der Waals surface area (Å²) >= 11 is 0. The zero-order chi connectivity index (χ0) is 29.6. The molecular weight excluding hydrogens is 508 g/mol. The Morgan fingerprint density at radius 2 is 1.80 bits per heavy atom. The van der Waals surface area contributed by atoms with Crippen molar-refractivity contribution in [2.45, 2.75) is 99.2 Å². The highest BCUT2D eigenvalue weighted by molar-refractivity contribution is 5.73. The van der Waals surface area contributed by atoms with Crippen molar-refractivity contribution < 1.29 is 18.6 Å². The molecule has 3 aromatic rings. The van der Waals surface area contributed by atoms with Crippen molar-refractivity contribution >= 4 is 11.3 Å². The monoisotopic (exact) mass is 553 g/mol. The Labute approximate surface area is 238 Å². The normalized spacial score (nSPS) is 13.1. The second kappa shape index (κ2) is 13.6. The van der Waals surface area contributed by atoms with Crippen molar-refractivity contribution in [2.75, 3.05) is 6.61 Å². The molecule has 0 bridgehead atoms. The van der Waals surface area contributed by atoms with Crippen molar-refractivity contribution in [3.05, 3.63) is 76.3 Å². The van der Waals surface area contributed by atoms with Crippen molar-refractivity contribution in [2.24, 2.45) is 0 Å². The Morgan fingerprint density at radius 1 is 1.12 bits per heavy atom. The number of halogens is 2.